The standard InChI is InChI=1S/C16H24O2/c1-5-12(4)13-6-7-16(18-11(2)3)14(8-13)9-15-10-17-15/h6-8,11-12,15H,5,9-10H2,1-4H3. The third-order valence-corrected chi connectivity index (χ3v) is 3.48. The predicted molar refractivity (Wildman–Crippen MR) is 74.4 cm³/mol. The van der Waals surface area contributed by atoms with E-state index in [4.69, 9.17) is 9.47 Å². The summed E-state index contributed by atoms with van der Waals surface area (Å²) in [5, 5.41) is 0. The third kappa shape index (κ3) is 3.49. The zero-order chi connectivity index (χ0) is 13.1. The number of ether oxygens (including phenoxy) is 2. The molecule has 2 rings (SSSR count). The van der Waals surface area contributed by atoms with Gasteiger partial charge in [-0.3, -0.25) is 0 Å². The highest BCUT2D eigenvalue weighted by Crippen LogP contribution is 2.29. The van der Waals surface area contributed by atoms with E-state index in [2.05, 4.69) is 45.9 Å². The van der Waals surface area contributed by atoms with Gasteiger partial charge in [-0.2, -0.15) is 0 Å². The van der Waals surface area contributed by atoms with Crippen LogP contribution < -0.4 is 4.74 Å². The normalized spacial score (nSPS) is 19.9. The highest BCUT2D eigenvalue weighted by atomic mass is 16.6. The van der Waals surface area contributed by atoms with Crippen LogP contribution in [0.1, 0.15) is 51.2 Å². The van der Waals surface area contributed by atoms with Crippen molar-refractivity contribution in [3.05, 3.63) is 29.3 Å². The number of hydrogen-bond acceptors (Lipinski definition) is 2. The van der Waals surface area contributed by atoms with Crippen molar-refractivity contribution in [2.45, 2.75) is 58.7 Å². The summed E-state index contributed by atoms with van der Waals surface area (Å²) in [4.78, 5) is 0. The molecule has 0 aromatic heterocycles. The number of hydrogen-bond donors (Lipinski definition) is 0. The smallest absolute Gasteiger partial charge is 0.122 e. The van der Waals surface area contributed by atoms with Gasteiger partial charge in [-0.25, -0.2) is 0 Å². The van der Waals surface area contributed by atoms with Crippen LogP contribution in [0, 0.1) is 0 Å². The Balaban J connectivity index is 2.22. The second-order valence-corrected chi connectivity index (χ2v) is 5.50. The van der Waals surface area contributed by atoms with E-state index in [1.54, 1.807) is 0 Å². The first-order valence-electron chi connectivity index (χ1n) is 7.01. The molecule has 100 valence electrons. The molecule has 0 N–H and O–H groups in total. The molecule has 2 unspecified atom stereocenters. The lowest BCUT2D eigenvalue weighted by atomic mass is 9.95. The fourth-order valence-corrected chi connectivity index (χ4v) is 2.10. The molecule has 2 heteroatoms. The minimum atomic E-state index is 0.221. The topological polar surface area (TPSA) is 21.8 Å². The molecule has 2 nitrogen and oxygen atoms in total. The second kappa shape index (κ2) is 5.75. The van der Waals surface area contributed by atoms with Crippen molar-refractivity contribution in [2.75, 3.05) is 6.61 Å². The minimum Gasteiger partial charge on any atom is -0.491 e. The molecule has 0 saturated carbocycles. The van der Waals surface area contributed by atoms with Crippen molar-refractivity contribution < 1.29 is 9.47 Å². The highest BCUT2D eigenvalue weighted by molar-refractivity contribution is 5.39. The van der Waals surface area contributed by atoms with Gasteiger partial charge in [-0.15, -0.1) is 0 Å². The summed E-state index contributed by atoms with van der Waals surface area (Å²) in [6, 6.07) is 6.62. The predicted octanol–water partition coefficient (Wildman–Crippen LogP) is 3.93. The molecule has 0 bridgehead atoms. The van der Waals surface area contributed by atoms with Crippen molar-refractivity contribution >= 4 is 0 Å². The quantitative estimate of drug-likeness (QED) is 0.711. The van der Waals surface area contributed by atoms with Crippen molar-refractivity contribution in [3.63, 3.8) is 0 Å². The summed E-state index contributed by atoms with van der Waals surface area (Å²) >= 11 is 0. The summed E-state index contributed by atoms with van der Waals surface area (Å²) < 4.78 is 11.2. The van der Waals surface area contributed by atoms with Gasteiger partial charge in [-0.1, -0.05) is 26.0 Å². The van der Waals surface area contributed by atoms with E-state index in [1.807, 2.05) is 0 Å². The lowest BCUT2D eigenvalue weighted by Crippen LogP contribution is -2.09. The van der Waals surface area contributed by atoms with Gasteiger partial charge < -0.3 is 9.47 Å². The number of benzene rings is 1. The van der Waals surface area contributed by atoms with E-state index in [-0.39, 0.29) is 6.10 Å². The molecule has 1 heterocycles. The Bertz CT molecular complexity index is 394. The van der Waals surface area contributed by atoms with Gasteiger partial charge in [0.15, 0.2) is 0 Å². The molecular weight excluding hydrogens is 224 g/mol. The van der Waals surface area contributed by atoms with E-state index in [0.29, 0.717) is 12.0 Å². The van der Waals surface area contributed by atoms with E-state index in [1.165, 1.54) is 17.5 Å². The van der Waals surface area contributed by atoms with Crippen molar-refractivity contribution in [2.24, 2.45) is 0 Å². The van der Waals surface area contributed by atoms with E-state index in [0.717, 1.165) is 18.8 Å². The fraction of sp³-hybridized carbons (Fsp3) is 0.625. The molecule has 1 aromatic rings. The Morgan fingerprint density at radius 1 is 1.33 bits per heavy atom. The molecule has 2 atom stereocenters. The molecule has 1 aliphatic heterocycles. The van der Waals surface area contributed by atoms with Gasteiger partial charge in [0.1, 0.15) is 5.75 Å². The Morgan fingerprint density at radius 2 is 2.06 bits per heavy atom. The van der Waals surface area contributed by atoms with Crippen LogP contribution in [-0.4, -0.2) is 18.8 Å². The number of rotatable bonds is 6. The van der Waals surface area contributed by atoms with Crippen LogP contribution >= 0.6 is 0 Å². The lowest BCUT2D eigenvalue weighted by molar-refractivity contribution is 0.239. The van der Waals surface area contributed by atoms with Gasteiger partial charge in [-0.05, 0) is 43.4 Å². The Hall–Kier alpha value is -1.02. The largest absolute Gasteiger partial charge is 0.491 e. The van der Waals surface area contributed by atoms with Crippen molar-refractivity contribution in [1.29, 1.82) is 0 Å². The van der Waals surface area contributed by atoms with E-state index < -0.39 is 0 Å². The molecule has 1 aliphatic rings. The molecule has 0 radical (unpaired) electrons. The average molecular weight is 248 g/mol. The Morgan fingerprint density at radius 3 is 2.61 bits per heavy atom. The van der Waals surface area contributed by atoms with Gasteiger partial charge in [0, 0.05) is 6.42 Å². The van der Waals surface area contributed by atoms with Gasteiger partial charge >= 0.3 is 0 Å². The first-order chi connectivity index (χ1) is 8.60. The highest BCUT2D eigenvalue weighted by Gasteiger charge is 2.24. The zero-order valence-corrected chi connectivity index (χ0v) is 11.9. The third-order valence-electron chi connectivity index (χ3n) is 3.48. The summed E-state index contributed by atoms with van der Waals surface area (Å²) in [7, 11) is 0. The van der Waals surface area contributed by atoms with Crippen LogP contribution in [0.3, 0.4) is 0 Å². The van der Waals surface area contributed by atoms with Gasteiger partial charge in [0.25, 0.3) is 0 Å². The fourth-order valence-electron chi connectivity index (χ4n) is 2.10. The molecule has 1 saturated heterocycles. The summed E-state index contributed by atoms with van der Waals surface area (Å²) in [6.45, 7) is 9.54. The molecular formula is C16H24O2. The lowest BCUT2D eigenvalue weighted by Gasteiger charge is -2.17. The average Bonchev–Trinajstić information content (AvgIpc) is 3.13. The summed E-state index contributed by atoms with van der Waals surface area (Å²) in [5.41, 5.74) is 2.70. The van der Waals surface area contributed by atoms with Crippen LogP contribution in [0.4, 0.5) is 0 Å². The molecule has 0 amide bonds. The van der Waals surface area contributed by atoms with E-state index in [9.17, 15) is 0 Å². The van der Waals surface area contributed by atoms with E-state index >= 15 is 0 Å². The van der Waals surface area contributed by atoms with Crippen molar-refractivity contribution in [1.82, 2.24) is 0 Å². The Kier molecular flexibility index (Phi) is 4.28. The van der Waals surface area contributed by atoms with Crippen LogP contribution in [0.2, 0.25) is 0 Å². The first kappa shape index (κ1) is 13.4. The Labute approximate surface area is 110 Å². The SMILES string of the molecule is CCC(C)c1ccc(OC(C)C)c(CC2CO2)c1. The maximum Gasteiger partial charge on any atom is 0.122 e. The van der Waals surface area contributed by atoms with Crippen LogP contribution in [-0.2, 0) is 11.2 Å². The van der Waals surface area contributed by atoms with Crippen molar-refractivity contribution in [3.8, 4) is 5.75 Å². The zero-order valence-electron chi connectivity index (χ0n) is 11.9. The number of epoxide rings is 1. The minimum absolute atomic E-state index is 0.221. The maximum absolute atomic E-state index is 5.89. The second-order valence-electron chi connectivity index (χ2n) is 5.50. The van der Waals surface area contributed by atoms with Crippen LogP contribution in [0.5, 0.6) is 5.75 Å². The van der Waals surface area contributed by atoms with Crippen LogP contribution in [0.15, 0.2) is 18.2 Å². The van der Waals surface area contributed by atoms with Gasteiger partial charge in [0.2, 0.25) is 0 Å². The summed E-state index contributed by atoms with van der Waals surface area (Å²) in [6.07, 6.45) is 2.78. The molecule has 0 aliphatic carbocycles. The molecule has 18 heavy (non-hydrogen) atoms. The monoisotopic (exact) mass is 248 g/mol. The van der Waals surface area contributed by atoms with Crippen LogP contribution in [0.25, 0.3) is 0 Å². The summed E-state index contributed by atoms with van der Waals surface area (Å²) in [5.74, 6) is 1.63. The first-order valence-corrected chi connectivity index (χ1v) is 7.01. The molecule has 1 fully saturated rings. The molecule has 1 aromatic carbocycles. The molecule has 0 spiro atoms. The van der Waals surface area contributed by atoms with Gasteiger partial charge in [0.05, 0.1) is 18.8 Å². The maximum atomic E-state index is 5.89.